The van der Waals surface area contributed by atoms with Gasteiger partial charge in [0, 0.05) is 64.8 Å². The minimum atomic E-state index is 0.0924. The first kappa shape index (κ1) is 18.7. The van der Waals surface area contributed by atoms with Gasteiger partial charge < -0.3 is 19.6 Å². The van der Waals surface area contributed by atoms with Crippen LogP contribution in [-0.2, 0) is 0 Å². The number of amides is 1. The average molecular weight is 380 g/mol. The summed E-state index contributed by atoms with van der Waals surface area (Å²) in [6.45, 7) is 10.3. The van der Waals surface area contributed by atoms with E-state index >= 15 is 0 Å². The number of nitrogens with zero attached hydrogens (tertiary/aromatic N) is 6. The number of hydrogen-bond acceptors (Lipinski definition) is 6. The molecule has 1 amide bonds. The number of piperazine rings is 2. The van der Waals surface area contributed by atoms with Gasteiger partial charge in [0.25, 0.3) is 5.91 Å². The first-order valence-electron chi connectivity index (χ1n) is 10.1. The monoisotopic (exact) mass is 380 g/mol. The Morgan fingerprint density at radius 1 is 0.857 bits per heavy atom. The molecule has 0 bridgehead atoms. The fourth-order valence-corrected chi connectivity index (χ4v) is 3.85. The molecule has 0 N–H and O–H groups in total. The Morgan fingerprint density at radius 3 is 2.07 bits per heavy atom. The number of likely N-dealkylation sites (N-methyl/N-ethyl adjacent to an activating group) is 1. The predicted octanol–water partition coefficient (Wildman–Crippen LogP) is 1.58. The number of rotatable bonds is 4. The highest BCUT2D eigenvalue weighted by atomic mass is 16.2. The van der Waals surface area contributed by atoms with E-state index in [9.17, 15) is 4.79 Å². The zero-order valence-electron chi connectivity index (χ0n) is 16.5. The van der Waals surface area contributed by atoms with Gasteiger partial charge in [0.15, 0.2) is 0 Å². The topological polar surface area (TPSA) is 55.8 Å². The van der Waals surface area contributed by atoms with Crippen LogP contribution < -0.4 is 9.80 Å². The lowest BCUT2D eigenvalue weighted by atomic mass is 10.2. The van der Waals surface area contributed by atoms with E-state index in [-0.39, 0.29) is 5.91 Å². The standard InChI is InChI=1S/C21H28N6O/c1-2-24-9-11-27(12-10-24)21(28)18-6-7-20(23-17-18)26-15-13-25(14-16-26)19-5-3-4-8-22-19/h3-8,17H,2,9-16H2,1H3. The summed E-state index contributed by atoms with van der Waals surface area (Å²) < 4.78 is 0. The first-order chi connectivity index (χ1) is 13.7. The second kappa shape index (κ2) is 8.56. The van der Waals surface area contributed by atoms with E-state index < -0.39 is 0 Å². The maximum atomic E-state index is 12.7. The molecule has 7 heteroatoms. The molecule has 4 rings (SSSR count). The number of anilines is 2. The molecule has 0 aliphatic carbocycles. The molecule has 0 aromatic carbocycles. The van der Waals surface area contributed by atoms with E-state index in [1.807, 2.05) is 35.4 Å². The third-order valence-electron chi connectivity index (χ3n) is 5.68. The molecule has 28 heavy (non-hydrogen) atoms. The van der Waals surface area contributed by atoms with E-state index in [4.69, 9.17) is 0 Å². The summed E-state index contributed by atoms with van der Waals surface area (Å²) in [4.78, 5) is 30.6. The lowest BCUT2D eigenvalue weighted by molar-refractivity contribution is 0.0643. The average Bonchev–Trinajstić information content (AvgIpc) is 2.79. The highest BCUT2D eigenvalue weighted by Gasteiger charge is 2.23. The van der Waals surface area contributed by atoms with Crippen LogP contribution in [0.3, 0.4) is 0 Å². The van der Waals surface area contributed by atoms with Crippen molar-refractivity contribution in [1.82, 2.24) is 19.8 Å². The Labute approximate surface area is 166 Å². The molecule has 2 fully saturated rings. The van der Waals surface area contributed by atoms with Crippen LogP contribution in [0.25, 0.3) is 0 Å². The molecule has 0 unspecified atom stereocenters. The molecule has 2 aliphatic rings. The van der Waals surface area contributed by atoms with E-state index in [0.29, 0.717) is 5.56 Å². The van der Waals surface area contributed by atoms with Gasteiger partial charge in [0.1, 0.15) is 11.6 Å². The highest BCUT2D eigenvalue weighted by molar-refractivity contribution is 5.94. The highest BCUT2D eigenvalue weighted by Crippen LogP contribution is 2.18. The van der Waals surface area contributed by atoms with Crippen molar-refractivity contribution in [2.45, 2.75) is 6.92 Å². The van der Waals surface area contributed by atoms with Crippen LogP contribution >= 0.6 is 0 Å². The van der Waals surface area contributed by atoms with Crippen molar-refractivity contribution in [3.05, 3.63) is 48.3 Å². The van der Waals surface area contributed by atoms with Gasteiger partial charge in [-0.2, -0.15) is 0 Å². The summed E-state index contributed by atoms with van der Waals surface area (Å²) in [5.41, 5.74) is 0.681. The quantitative estimate of drug-likeness (QED) is 0.803. The van der Waals surface area contributed by atoms with Crippen molar-refractivity contribution >= 4 is 17.5 Å². The molecule has 148 valence electrons. The molecular formula is C21H28N6O. The molecule has 0 spiro atoms. The van der Waals surface area contributed by atoms with E-state index in [1.165, 1.54) is 0 Å². The number of carbonyl (C=O) groups is 1. The second-order valence-corrected chi connectivity index (χ2v) is 7.29. The third kappa shape index (κ3) is 4.09. The van der Waals surface area contributed by atoms with Crippen LogP contribution in [0.2, 0.25) is 0 Å². The van der Waals surface area contributed by atoms with Crippen LogP contribution in [-0.4, -0.2) is 84.6 Å². The Morgan fingerprint density at radius 2 is 1.54 bits per heavy atom. The van der Waals surface area contributed by atoms with Gasteiger partial charge in [-0.25, -0.2) is 9.97 Å². The molecule has 2 aliphatic heterocycles. The van der Waals surface area contributed by atoms with Gasteiger partial charge in [0.2, 0.25) is 0 Å². The first-order valence-corrected chi connectivity index (χ1v) is 10.1. The van der Waals surface area contributed by atoms with Crippen molar-refractivity contribution in [2.75, 3.05) is 68.7 Å². The fraction of sp³-hybridized carbons (Fsp3) is 0.476. The minimum Gasteiger partial charge on any atom is -0.353 e. The summed E-state index contributed by atoms with van der Waals surface area (Å²) >= 11 is 0. The van der Waals surface area contributed by atoms with Crippen molar-refractivity contribution in [2.24, 2.45) is 0 Å². The number of aromatic nitrogens is 2. The molecule has 0 saturated carbocycles. The molecular weight excluding hydrogens is 352 g/mol. The Kier molecular flexibility index (Phi) is 5.71. The van der Waals surface area contributed by atoms with Gasteiger partial charge in [0.05, 0.1) is 5.56 Å². The van der Waals surface area contributed by atoms with Crippen molar-refractivity contribution in [3.8, 4) is 0 Å². The van der Waals surface area contributed by atoms with Crippen molar-refractivity contribution in [1.29, 1.82) is 0 Å². The van der Waals surface area contributed by atoms with Crippen LogP contribution in [0.1, 0.15) is 17.3 Å². The molecule has 0 radical (unpaired) electrons. The zero-order chi connectivity index (χ0) is 19.3. The van der Waals surface area contributed by atoms with Gasteiger partial charge in [-0.05, 0) is 30.8 Å². The largest absolute Gasteiger partial charge is 0.353 e. The van der Waals surface area contributed by atoms with Gasteiger partial charge in [-0.15, -0.1) is 0 Å². The molecule has 2 aromatic heterocycles. The number of carbonyl (C=O) groups excluding carboxylic acids is 1. The third-order valence-corrected chi connectivity index (χ3v) is 5.68. The van der Waals surface area contributed by atoms with E-state index in [0.717, 1.165) is 70.5 Å². The van der Waals surface area contributed by atoms with Gasteiger partial charge >= 0.3 is 0 Å². The van der Waals surface area contributed by atoms with Crippen LogP contribution in [0.4, 0.5) is 11.6 Å². The summed E-state index contributed by atoms with van der Waals surface area (Å²) in [7, 11) is 0. The Balaban J connectivity index is 1.33. The molecule has 7 nitrogen and oxygen atoms in total. The second-order valence-electron chi connectivity index (χ2n) is 7.29. The van der Waals surface area contributed by atoms with Crippen molar-refractivity contribution < 1.29 is 4.79 Å². The summed E-state index contributed by atoms with van der Waals surface area (Å²) in [5, 5.41) is 0. The van der Waals surface area contributed by atoms with Gasteiger partial charge in [-0.1, -0.05) is 13.0 Å². The molecule has 2 aromatic rings. The lowest BCUT2D eigenvalue weighted by Gasteiger charge is -2.36. The van der Waals surface area contributed by atoms with Crippen LogP contribution in [0, 0.1) is 0 Å². The number of hydrogen-bond donors (Lipinski definition) is 0. The van der Waals surface area contributed by atoms with Crippen LogP contribution in [0.5, 0.6) is 0 Å². The van der Waals surface area contributed by atoms with Gasteiger partial charge in [-0.3, -0.25) is 4.79 Å². The van der Waals surface area contributed by atoms with Crippen LogP contribution in [0.15, 0.2) is 42.7 Å². The molecule has 4 heterocycles. The summed E-state index contributed by atoms with van der Waals surface area (Å²) in [5.74, 6) is 2.06. The predicted molar refractivity (Wildman–Crippen MR) is 111 cm³/mol. The Hall–Kier alpha value is -2.67. The fourth-order valence-electron chi connectivity index (χ4n) is 3.85. The molecule has 2 saturated heterocycles. The number of pyridine rings is 2. The Bertz CT molecular complexity index is 765. The SMILES string of the molecule is CCN1CCN(C(=O)c2ccc(N3CCN(c4ccccn4)CC3)nc2)CC1. The van der Waals surface area contributed by atoms with Crippen molar-refractivity contribution in [3.63, 3.8) is 0 Å². The lowest BCUT2D eigenvalue weighted by Crippen LogP contribution is -2.48. The summed E-state index contributed by atoms with van der Waals surface area (Å²) in [6.07, 6.45) is 3.57. The summed E-state index contributed by atoms with van der Waals surface area (Å²) in [6, 6.07) is 9.91. The smallest absolute Gasteiger partial charge is 0.255 e. The zero-order valence-corrected chi connectivity index (χ0v) is 16.5. The maximum Gasteiger partial charge on any atom is 0.255 e. The van der Waals surface area contributed by atoms with E-state index in [2.05, 4.69) is 37.7 Å². The maximum absolute atomic E-state index is 12.7. The van der Waals surface area contributed by atoms with E-state index in [1.54, 1.807) is 6.20 Å². The molecule has 0 atom stereocenters. The minimum absolute atomic E-state index is 0.0924. The normalized spacial score (nSPS) is 18.4.